The normalized spacial score (nSPS) is 10.5. The minimum atomic E-state index is -4.71. The quantitative estimate of drug-likeness (QED) is 0.202. The zero-order valence-corrected chi connectivity index (χ0v) is 20.0. The van der Waals surface area contributed by atoms with E-state index >= 15 is 0 Å². The van der Waals surface area contributed by atoms with E-state index in [0.717, 1.165) is 40.7 Å². The highest BCUT2D eigenvalue weighted by atomic mass is 19.4. The van der Waals surface area contributed by atoms with Gasteiger partial charge in [0.1, 0.15) is 5.75 Å². The number of rotatable bonds is 5. The van der Waals surface area contributed by atoms with Crippen LogP contribution < -0.4 is 4.74 Å². The average molecular weight is 493 g/mol. The molecule has 4 heteroatoms. The van der Waals surface area contributed by atoms with Gasteiger partial charge in [-0.25, -0.2) is 0 Å². The van der Waals surface area contributed by atoms with Crippen molar-refractivity contribution in [2.75, 3.05) is 0 Å². The minimum Gasteiger partial charge on any atom is -0.406 e. The van der Waals surface area contributed by atoms with Crippen LogP contribution in [0.4, 0.5) is 13.2 Å². The topological polar surface area (TPSA) is 9.23 Å². The van der Waals surface area contributed by atoms with Crippen LogP contribution in [0.1, 0.15) is 34.2 Å². The first-order valence-electron chi connectivity index (χ1n) is 11.7. The summed E-state index contributed by atoms with van der Waals surface area (Å²) < 4.78 is 40.7. The Morgan fingerprint density at radius 2 is 0.973 bits per heavy atom. The third kappa shape index (κ3) is 7.92. The van der Waals surface area contributed by atoms with Gasteiger partial charge < -0.3 is 4.74 Å². The van der Waals surface area contributed by atoms with Crippen LogP contribution in [0, 0.1) is 23.7 Å². The van der Waals surface area contributed by atoms with Gasteiger partial charge in [-0.2, -0.15) is 0 Å². The van der Waals surface area contributed by atoms with E-state index in [1.54, 1.807) is 0 Å². The fourth-order valence-electron chi connectivity index (χ4n) is 3.54. The average Bonchev–Trinajstić information content (AvgIpc) is 2.91. The van der Waals surface area contributed by atoms with E-state index in [4.69, 9.17) is 0 Å². The SMILES string of the molecule is C=CCCc1ccc(C#Cc2ccc(-c3ccc(C#Cc4ccc(OC(F)(F)F)cc4)cc3)cc2)cc1. The van der Waals surface area contributed by atoms with Crippen LogP contribution in [0.2, 0.25) is 0 Å². The summed E-state index contributed by atoms with van der Waals surface area (Å²) in [6.07, 6.45) is -0.827. The summed E-state index contributed by atoms with van der Waals surface area (Å²) in [7, 11) is 0. The van der Waals surface area contributed by atoms with E-state index in [9.17, 15) is 13.2 Å². The molecule has 0 bridgehead atoms. The Morgan fingerprint density at radius 1 is 0.595 bits per heavy atom. The van der Waals surface area contributed by atoms with Gasteiger partial charge in [0.15, 0.2) is 0 Å². The number of alkyl halides is 3. The van der Waals surface area contributed by atoms with Gasteiger partial charge in [-0.15, -0.1) is 19.8 Å². The van der Waals surface area contributed by atoms with Gasteiger partial charge in [0.2, 0.25) is 0 Å². The maximum Gasteiger partial charge on any atom is 0.573 e. The molecule has 4 aromatic rings. The maximum atomic E-state index is 12.3. The summed E-state index contributed by atoms with van der Waals surface area (Å²) >= 11 is 0. The van der Waals surface area contributed by atoms with Crippen molar-refractivity contribution in [1.82, 2.24) is 0 Å². The highest BCUT2D eigenvalue weighted by Crippen LogP contribution is 2.23. The number of aryl methyl sites for hydroxylation is 1. The van der Waals surface area contributed by atoms with Crippen molar-refractivity contribution in [3.8, 4) is 40.6 Å². The zero-order chi connectivity index (χ0) is 26.1. The molecule has 4 rings (SSSR count). The van der Waals surface area contributed by atoms with E-state index in [2.05, 4.69) is 47.1 Å². The lowest BCUT2D eigenvalue weighted by molar-refractivity contribution is -0.274. The predicted molar refractivity (Wildman–Crippen MR) is 142 cm³/mol. The molecule has 0 fully saturated rings. The summed E-state index contributed by atoms with van der Waals surface area (Å²) in [5, 5.41) is 0. The van der Waals surface area contributed by atoms with Crippen LogP contribution in [-0.2, 0) is 6.42 Å². The molecule has 1 nitrogen and oxygen atoms in total. The first kappa shape index (κ1) is 25.4. The fourth-order valence-corrected chi connectivity index (χ4v) is 3.54. The second-order valence-electron chi connectivity index (χ2n) is 8.25. The molecule has 0 N–H and O–H groups in total. The van der Waals surface area contributed by atoms with Gasteiger partial charge >= 0.3 is 6.36 Å². The Balaban J connectivity index is 1.37. The lowest BCUT2D eigenvalue weighted by Crippen LogP contribution is -2.16. The summed E-state index contributed by atoms with van der Waals surface area (Å²) in [5.41, 5.74) is 6.71. The molecule has 4 aromatic carbocycles. The summed E-state index contributed by atoms with van der Waals surface area (Å²) in [4.78, 5) is 0. The van der Waals surface area contributed by atoms with Crippen molar-refractivity contribution in [3.05, 3.63) is 138 Å². The summed E-state index contributed by atoms with van der Waals surface area (Å²) in [6, 6.07) is 29.6. The fraction of sp³-hybridized carbons (Fsp3) is 0.0909. The molecule has 0 aliphatic rings. The number of hydrogen-bond donors (Lipinski definition) is 0. The molecule has 0 amide bonds. The van der Waals surface area contributed by atoms with Gasteiger partial charge in [0.05, 0.1) is 0 Å². The Labute approximate surface area is 215 Å². The van der Waals surface area contributed by atoms with Crippen molar-refractivity contribution >= 4 is 0 Å². The van der Waals surface area contributed by atoms with E-state index in [1.165, 1.54) is 29.8 Å². The molecule has 0 heterocycles. The highest BCUT2D eigenvalue weighted by molar-refractivity contribution is 5.65. The van der Waals surface area contributed by atoms with Crippen molar-refractivity contribution in [2.45, 2.75) is 19.2 Å². The lowest BCUT2D eigenvalue weighted by atomic mass is 10.0. The van der Waals surface area contributed by atoms with Crippen molar-refractivity contribution in [1.29, 1.82) is 0 Å². The second kappa shape index (κ2) is 11.8. The molecule has 0 aliphatic carbocycles. The molecule has 0 atom stereocenters. The third-order valence-electron chi connectivity index (χ3n) is 5.48. The molecular formula is C33H23F3O. The first-order valence-corrected chi connectivity index (χ1v) is 11.7. The molecule has 0 radical (unpaired) electrons. The summed E-state index contributed by atoms with van der Waals surface area (Å²) in [5.74, 6) is 12.1. The number of ether oxygens (including phenoxy) is 1. The molecule has 0 spiro atoms. The van der Waals surface area contributed by atoms with Gasteiger partial charge in [0, 0.05) is 22.3 Å². The smallest absolute Gasteiger partial charge is 0.406 e. The minimum absolute atomic E-state index is 0.270. The van der Waals surface area contributed by atoms with Gasteiger partial charge in [-0.1, -0.05) is 66.2 Å². The Kier molecular flexibility index (Phi) is 8.14. The number of benzene rings is 4. The standard InChI is InChI=1S/C33H23F3O/c1-2-3-4-25-5-7-26(8-6-25)9-10-27-13-19-30(20-14-27)31-21-15-28(16-22-31)11-12-29-17-23-32(24-18-29)37-33(34,35)36/h2,5-8,13-24H,1,3-4H2. The zero-order valence-electron chi connectivity index (χ0n) is 20.0. The van der Waals surface area contributed by atoms with Gasteiger partial charge in [-0.3, -0.25) is 0 Å². The largest absolute Gasteiger partial charge is 0.573 e. The predicted octanol–water partition coefficient (Wildman–Crippen LogP) is 8.17. The molecule has 0 aromatic heterocycles. The molecule has 0 saturated heterocycles. The first-order chi connectivity index (χ1) is 17.9. The van der Waals surface area contributed by atoms with Crippen LogP contribution in [-0.4, -0.2) is 6.36 Å². The Bertz CT molecular complexity index is 1460. The molecule has 0 saturated carbocycles. The second-order valence-corrected chi connectivity index (χ2v) is 8.25. The number of hydrogen-bond acceptors (Lipinski definition) is 1. The van der Waals surface area contributed by atoms with E-state index in [-0.39, 0.29) is 5.75 Å². The van der Waals surface area contributed by atoms with Crippen LogP contribution >= 0.6 is 0 Å². The Morgan fingerprint density at radius 3 is 1.35 bits per heavy atom. The van der Waals surface area contributed by atoms with Crippen molar-refractivity contribution in [2.24, 2.45) is 0 Å². The molecule has 182 valence electrons. The Hall–Kier alpha value is -4.67. The van der Waals surface area contributed by atoms with E-state index in [1.807, 2.05) is 66.7 Å². The van der Waals surface area contributed by atoms with Crippen LogP contribution in [0.5, 0.6) is 5.75 Å². The molecule has 0 unspecified atom stereocenters. The number of allylic oxidation sites excluding steroid dienone is 1. The van der Waals surface area contributed by atoms with Gasteiger partial charge in [0.25, 0.3) is 0 Å². The van der Waals surface area contributed by atoms with Crippen molar-refractivity contribution < 1.29 is 17.9 Å². The van der Waals surface area contributed by atoms with Crippen molar-refractivity contribution in [3.63, 3.8) is 0 Å². The molecular weight excluding hydrogens is 469 g/mol. The summed E-state index contributed by atoms with van der Waals surface area (Å²) in [6.45, 7) is 3.76. The van der Waals surface area contributed by atoms with Crippen LogP contribution in [0.3, 0.4) is 0 Å². The monoisotopic (exact) mass is 492 g/mol. The van der Waals surface area contributed by atoms with E-state index in [0.29, 0.717) is 5.56 Å². The molecule has 0 aliphatic heterocycles. The third-order valence-corrected chi connectivity index (χ3v) is 5.48. The van der Waals surface area contributed by atoms with Gasteiger partial charge in [-0.05, 0) is 90.2 Å². The molecule has 37 heavy (non-hydrogen) atoms. The lowest BCUT2D eigenvalue weighted by Gasteiger charge is -2.07. The number of halogens is 3. The van der Waals surface area contributed by atoms with Crippen LogP contribution in [0.15, 0.2) is 110 Å². The highest BCUT2D eigenvalue weighted by Gasteiger charge is 2.30. The van der Waals surface area contributed by atoms with Crippen LogP contribution in [0.25, 0.3) is 11.1 Å². The van der Waals surface area contributed by atoms with E-state index < -0.39 is 6.36 Å². The maximum absolute atomic E-state index is 12.3.